The summed E-state index contributed by atoms with van der Waals surface area (Å²) in [6.07, 6.45) is 3.00. The van der Waals surface area contributed by atoms with Gasteiger partial charge in [0.1, 0.15) is 6.33 Å². The zero-order valence-corrected chi connectivity index (χ0v) is 7.03. The van der Waals surface area contributed by atoms with E-state index in [1.54, 1.807) is 0 Å². The van der Waals surface area contributed by atoms with Crippen molar-refractivity contribution in [3.63, 3.8) is 0 Å². The average molecular weight is 181 g/mol. The molecule has 0 atom stereocenters. The second kappa shape index (κ2) is 3.14. The van der Waals surface area contributed by atoms with Gasteiger partial charge in [-0.05, 0) is 12.8 Å². The predicted molar refractivity (Wildman–Crippen MR) is 44.8 cm³/mol. The standard InChI is InChI=1S/C7H11N5O/c8-4-1-5(2-4)11-7(13)6-9-3-10-12-6/h3-5H,1-2,8H2,(H,11,13)(H,9,10,12). The highest BCUT2D eigenvalue weighted by Crippen LogP contribution is 2.17. The van der Waals surface area contributed by atoms with Gasteiger partial charge in [-0.15, -0.1) is 0 Å². The molecule has 1 aromatic heterocycles. The molecule has 0 saturated heterocycles. The van der Waals surface area contributed by atoms with Gasteiger partial charge in [-0.3, -0.25) is 9.89 Å². The Morgan fingerprint density at radius 1 is 1.69 bits per heavy atom. The highest BCUT2D eigenvalue weighted by molar-refractivity contribution is 5.90. The minimum atomic E-state index is -0.214. The van der Waals surface area contributed by atoms with Crippen molar-refractivity contribution in [1.82, 2.24) is 20.5 Å². The number of carbonyl (C=O) groups excluding carboxylic acids is 1. The Kier molecular flexibility index (Phi) is 1.97. The summed E-state index contributed by atoms with van der Waals surface area (Å²) in [4.78, 5) is 15.1. The first-order valence-corrected chi connectivity index (χ1v) is 4.17. The minimum Gasteiger partial charge on any atom is -0.346 e. The molecule has 2 rings (SSSR count). The smallest absolute Gasteiger partial charge is 0.288 e. The van der Waals surface area contributed by atoms with Crippen LogP contribution in [0.1, 0.15) is 23.5 Å². The molecule has 0 spiro atoms. The maximum Gasteiger partial charge on any atom is 0.288 e. The molecule has 70 valence electrons. The van der Waals surface area contributed by atoms with Crippen LogP contribution >= 0.6 is 0 Å². The lowest BCUT2D eigenvalue weighted by molar-refractivity contribution is 0.0900. The molecule has 1 aliphatic carbocycles. The fourth-order valence-corrected chi connectivity index (χ4v) is 1.35. The van der Waals surface area contributed by atoms with Crippen molar-refractivity contribution >= 4 is 5.91 Å². The zero-order chi connectivity index (χ0) is 9.26. The number of aromatic nitrogens is 3. The van der Waals surface area contributed by atoms with Crippen LogP contribution in [0.2, 0.25) is 0 Å². The SMILES string of the molecule is NC1CC(NC(=O)c2ncn[nH]2)C1. The number of H-pyrrole nitrogens is 1. The van der Waals surface area contributed by atoms with Gasteiger partial charge in [0.2, 0.25) is 5.82 Å². The molecule has 1 fully saturated rings. The molecule has 1 aliphatic rings. The molecule has 0 aromatic carbocycles. The van der Waals surface area contributed by atoms with E-state index in [0.29, 0.717) is 0 Å². The molecule has 4 N–H and O–H groups in total. The zero-order valence-electron chi connectivity index (χ0n) is 7.03. The fraction of sp³-hybridized carbons (Fsp3) is 0.571. The van der Waals surface area contributed by atoms with Crippen molar-refractivity contribution in [2.24, 2.45) is 5.73 Å². The van der Waals surface area contributed by atoms with Crippen molar-refractivity contribution in [3.8, 4) is 0 Å². The lowest BCUT2D eigenvalue weighted by Gasteiger charge is -2.32. The summed E-state index contributed by atoms with van der Waals surface area (Å²) in [5.74, 6) is 0.0369. The molecule has 6 heteroatoms. The second-order valence-corrected chi connectivity index (χ2v) is 3.24. The van der Waals surface area contributed by atoms with Crippen molar-refractivity contribution in [2.45, 2.75) is 24.9 Å². The van der Waals surface area contributed by atoms with E-state index in [9.17, 15) is 4.79 Å². The third-order valence-electron chi connectivity index (χ3n) is 2.14. The van der Waals surface area contributed by atoms with Gasteiger partial charge in [-0.2, -0.15) is 5.10 Å². The summed E-state index contributed by atoms with van der Waals surface area (Å²) in [5, 5.41) is 8.88. The third-order valence-corrected chi connectivity index (χ3v) is 2.14. The number of nitrogens with zero attached hydrogens (tertiary/aromatic N) is 2. The van der Waals surface area contributed by atoms with Crippen LogP contribution in [-0.2, 0) is 0 Å². The molecule has 0 bridgehead atoms. The Balaban J connectivity index is 1.86. The maximum atomic E-state index is 11.3. The number of carbonyl (C=O) groups is 1. The molecule has 13 heavy (non-hydrogen) atoms. The topological polar surface area (TPSA) is 96.7 Å². The summed E-state index contributed by atoms with van der Waals surface area (Å²) in [7, 11) is 0. The highest BCUT2D eigenvalue weighted by atomic mass is 16.2. The molecular weight excluding hydrogens is 170 g/mol. The van der Waals surface area contributed by atoms with Crippen LogP contribution < -0.4 is 11.1 Å². The van der Waals surface area contributed by atoms with E-state index in [4.69, 9.17) is 5.73 Å². The van der Waals surface area contributed by atoms with E-state index >= 15 is 0 Å². The summed E-state index contributed by atoms with van der Waals surface area (Å²) in [6.45, 7) is 0. The summed E-state index contributed by atoms with van der Waals surface area (Å²) >= 11 is 0. The first kappa shape index (κ1) is 8.18. The normalized spacial score (nSPS) is 26.5. The van der Waals surface area contributed by atoms with Gasteiger partial charge in [-0.1, -0.05) is 0 Å². The number of aromatic amines is 1. The van der Waals surface area contributed by atoms with Crippen LogP contribution in [0, 0.1) is 0 Å². The molecule has 1 amide bonds. The lowest BCUT2D eigenvalue weighted by Crippen LogP contribution is -2.50. The summed E-state index contributed by atoms with van der Waals surface area (Å²) in [5.41, 5.74) is 5.58. The van der Waals surface area contributed by atoms with Crippen molar-refractivity contribution in [3.05, 3.63) is 12.2 Å². The average Bonchev–Trinajstić information content (AvgIpc) is 2.53. The largest absolute Gasteiger partial charge is 0.346 e. The number of rotatable bonds is 2. The summed E-state index contributed by atoms with van der Waals surface area (Å²) in [6, 6.07) is 0.438. The third kappa shape index (κ3) is 1.67. The van der Waals surface area contributed by atoms with E-state index in [1.807, 2.05) is 0 Å². The van der Waals surface area contributed by atoms with E-state index in [1.165, 1.54) is 6.33 Å². The molecule has 1 heterocycles. The van der Waals surface area contributed by atoms with Crippen molar-refractivity contribution in [1.29, 1.82) is 0 Å². The molecule has 0 unspecified atom stereocenters. The molecule has 1 saturated carbocycles. The maximum absolute atomic E-state index is 11.3. The van der Waals surface area contributed by atoms with Gasteiger partial charge in [0, 0.05) is 12.1 Å². The molecule has 6 nitrogen and oxygen atoms in total. The Labute approximate surface area is 74.9 Å². The van der Waals surface area contributed by atoms with Crippen molar-refractivity contribution in [2.75, 3.05) is 0 Å². The Morgan fingerprint density at radius 2 is 2.46 bits per heavy atom. The monoisotopic (exact) mass is 181 g/mol. The number of hydrogen-bond donors (Lipinski definition) is 3. The molecule has 0 aliphatic heterocycles. The highest BCUT2D eigenvalue weighted by Gasteiger charge is 2.27. The number of nitrogens with two attached hydrogens (primary N) is 1. The predicted octanol–water partition coefficient (Wildman–Crippen LogP) is -0.976. The second-order valence-electron chi connectivity index (χ2n) is 3.24. The Hall–Kier alpha value is -1.43. The molecule has 0 radical (unpaired) electrons. The van der Waals surface area contributed by atoms with Gasteiger partial charge >= 0.3 is 0 Å². The van der Waals surface area contributed by atoms with Crippen LogP contribution in [0.3, 0.4) is 0 Å². The van der Waals surface area contributed by atoms with Gasteiger partial charge in [0.05, 0.1) is 0 Å². The summed E-state index contributed by atoms with van der Waals surface area (Å²) < 4.78 is 0. The lowest BCUT2D eigenvalue weighted by atomic mass is 9.88. The molecule has 1 aromatic rings. The fourth-order valence-electron chi connectivity index (χ4n) is 1.35. The quantitative estimate of drug-likeness (QED) is 0.546. The van der Waals surface area contributed by atoms with Gasteiger partial charge in [-0.25, -0.2) is 4.98 Å². The number of amides is 1. The first-order chi connectivity index (χ1) is 6.25. The van der Waals surface area contributed by atoms with Crippen LogP contribution in [0.5, 0.6) is 0 Å². The van der Waals surface area contributed by atoms with Gasteiger partial charge in [0.15, 0.2) is 0 Å². The Morgan fingerprint density at radius 3 is 3.00 bits per heavy atom. The van der Waals surface area contributed by atoms with Crippen LogP contribution in [0.15, 0.2) is 6.33 Å². The van der Waals surface area contributed by atoms with Crippen molar-refractivity contribution < 1.29 is 4.79 Å². The number of nitrogens with one attached hydrogen (secondary N) is 2. The van der Waals surface area contributed by atoms with E-state index in [0.717, 1.165) is 12.8 Å². The molecular formula is C7H11N5O. The van der Waals surface area contributed by atoms with Gasteiger partial charge < -0.3 is 11.1 Å². The Bertz CT molecular complexity index is 290. The first-order valence-electron chi connectivity index (χ1n) is 4.17. The van der Waals surface area contributed by atoms with Crippen LogP contribution in [0.4, 0.5) is 0 Å². The van der Waals surface area contributed by atoms with E-state index < -0.39 is 0 Å². The van der Waals surface area contributed by atoms with E-state index in [2.05, 4.69) is 20.5 Å². The van der Waals surface area contributed by atoms with Crippen LogP contribution in [-0.4, -0.2) is 33.2 Å². The van der Waals surface area contributed by atoms with E-state index in [-0.39, 0.29) is 23.8 Å². The van der Waals surface area contributed by atoms with Gasteiger partial charge in [0.25, 0.3) is 5.91 Å². The number of hydrogen-bond acceptors (Lipinski definition) is 4. The minimum absolute atomic E-state index is 0.201. The van der Waals surface area contributed by atoms with Crippen LogP contribution in [0.25, 0.3) is 0 Å².